The second-order valence-electron chi connectivity index (χ2n) is 8.85. The summed E-state index contributed by atoms with van der Waals surface area (Å²) in [6, 6.07) is 1.77. The number of anilines is 1. The molecule has 15 heteroatoms. The minimum atomic E-state index is -4.69. The average molecular weight is 583 g/mol. The van der Waals surface area contributed by atoms with Gasteiger partial charge in [-0.15, -0.1) is 11.3 Å². The molecule has 1 fully saturated rings. The number of piperazine rings is 1. The van der Waals surface area contributed by atoms with Gasteiger partial charge in [0.1, 0.15) is 27.7 Å². The Hall–Kier alpha value is -3.20. The molecule has 4 rings (SSSR count). The number of aryl methyl sites for hydroxylation is 1. The van der Waals surface area contributed by atoms with Crippen LogP contribution in [0.25, 0.3) is 0 Å². The monoisotopic (exact) mass is 582 g/mol. The molecule has 0 aliphatic carbocycles. The molecule has 3 aromatic heterocycles. The molecule has 10 nitrogen and oxygen atoms in total. The van der Waals surface area contributed by atoms with Crippen molar-refractivity contribution in [3.63, 3.8) is 0 Å². The predicted molar refractivity (Wildman–Crippen MR) is 140 cm³/mol. The van der Waals surface area contributed by atoms with E-state index < -0.39 is 34.6 Å². The van der Waals surface area contributed by atoms with Crippen LogP contribution in [0.2, 0.25) is 5.02 Å². The van der Waals surface area contributed by atoms with Crippen molar-refractivity contribution in [1.82, 2.24) is 35.5 Å². The molecule has 0 aromatic carbocycles. The van der Waals surface area contributed by atoms with Gasteiger partial charge in [-0.2, -0.15) is 13.2 Å². The van der Waals surface area contributed by atoms with Crippen LogP contribution in [0, 0.1) is 0 Å². The molecule has 1 atom stereocenters. The highest BCUT2D eigenvalue weighted by Gasteiger charge is 2.34. The molecule has 1 aliphatic rings. The number of halogens is 4. The average Bonchev–Trinajstić information content (AvgIpc) is 3.41. The number of thiazole rings is 1. The van der Waals surface area contributed by atoms with E-state index in [4.69, 9.17) is 11.6 Å². The first kappa shape index (κ1) is 28.8. The van der Waals surface area contributed by atoms with E-state index in [9.17, 15) is 22.8 Å². The molecule has 1 aliphatic heterocycles. The van der Waals surface area contributed by atoms with Crippen LogP contribution in [0.15, 0.2) is 30.9 Å². The van der Waals surface area contributed by atoms with Crippen LogP contribution in [-0.4, -0.2) is 69.4 Å². The molecule has 0 radical (unpaired) electrons. The van der Waals surface area contributed by atoms with E-state index >= 15 is 0 Å². The summed E-state index contributed by atoms with van der Waals surface area (Å²) in [6.07, 6.45) is 0.406. The molecular weight excluding hydrogens is 557 g/mol. The number of amides is 2. The summed E-state index contributed by atoms with van der Waals surface area (Å²) < 4.78 is 39.2. The fourth-order valence-corrected chi connectivity index (χ4v) is 4.93. The zero-order valence-corrected chi connectivity index (χ0v) is 22.5. The lowest BCUT2D eigenvalue weighted by Gasteiger charge is -2.26. The molecule has 208 valence electrons. The number of nitrogens with one attached hydrogen (secondary N) is 3. The molecule has 39 heavy (non-hydrogen) atoms. The van der Waals surface area contributed by atoms with Crippen molar-refractivity contribution in [2.45, 2.75) is 32.0 Å². The molecule has 4 heterocycles. The van der Waals surface area contributed by atoms with E-state index in [0.29, 0.717) is 11.1 Å². The molecule has 0 saturated carbocycles. The number of carbonyl (C=O) groups is 2. The summed E-state index contributed by atoms with van der Waals surface area (Å²) in [5.41, 5.74) is -0.114. The van der Waals surface area contributed by atoms with Gasteiger partial charge in [0, 0.05) is 38.1 Å². The lowest BCUT2D eigenvalue weighted by molar-refractivity contribution is -0.137. The first-order valence-corrected chi connectivity index (χ1v) is 13.3. The maximum atomic E-state index is 13.1. The maximum absolute atomic E-state index is 13.1. The minimum absolute atomic E-state index is 0.130. The molecule has 3 N–H and O–H groups in total. The van der Waals surface area contributed by atoms with E-state index in [0.717, 1.165) is 68.8 Å². The Morgan fingerprint density at radius 1 is 1.13 bits per heavy atom. The Morgan fingerprint density at radius 3 is 2.64 bits per heavy atom. The molecule has 1 unspecified atom stereocenters. The van der Waals surface area contributed by atoms with Crippen molar-refractivity contribution >= 4 is 40.6 Å². The fraction of sp³-hybridized carbons (Fsp3) is 0.417. The molecule has 0 bridgehead atoms. The summed E-state index contributed by atoms with van der Waals surface area (Å²) in [4.78, 5) is 44.1. The van der Waals surface area contributed by atoms with Crippen LogP contribution >= 0.6 is 22.9 Å². The SMILES string of the molecule is CC(NC(=O)c1cc(CCCN2CCNCC2)ncn1)c1ncc(C(=O)Nc2cc(C(F)(F)F)c(Cl)cn2)s1. The second-order valence-corrected chi connectivity index (χ2v) is 10.3. The molecule has 3 aromatic rings. The summed E-state index contributed by atoms with van der Waals surface area (Å²) in [7, 11) is 0. The molecule has 0 spiro atoms. The van der Waals surface area contributed by atoms with Crippen LogP contribution in [0.4, 0.5) is 19.0 Å². The number of pyridine rings is 1. The summed E-state index contributed by atoms with van der Waals surface area (Å²) >= 11 is 6.56. The van der Waals surface area contributed by atoms with E-state index in [1.165, 1.54) is 12.5 Å². The third-order valence-electron chi connectivity index (χ3n) is 5.94. The molecule has 2 amide bonds. The van der Waals surface area contributed by atoms with E-state index in [1.807, 2.05) is 0 Å². The summed E-state index contributed by atoms with van der Waals surface area (Å²) in [5.74, 6) is -1.42. The second kappa shape index (κ2) is 12.8. The summed E-state index contributed by atoms with van der Waals surface area (Å²) in [5, 5.41) is 8.29. The highest BCUT2D eigenvalue weighted by atomic mass is 35.5. The predicted octanol–water partition coefficient (Wildman–Crippen LogP) is 3.58. The Labute approximate surface area is 231 Å². The lowest BCUT2D eigenvalue weighted by Crippen LogP contribution is -2.43. The van der Waals surface area contributed by atoms with Gasteiger partial charge in [-0.1, -0.05) is 11.6 Å². The fourth-order valence-electron chi connectivity index (χ4n) is 3.90. The number of carbonyl (C=O) groups excluding carboxylic acids is 2. The third-order valence-corrected chi connectivity index (χ3v) is 7.42. The molecular formula is C24H26ClF3N8O2S. The maximum Gasteiger partial charge on any atom is 0.418 e. The van der Waals surface area contributed by atoms with Gasteiger partial charge >= 0.3 is 6.18 Å². The lowest BCUT2D eigenvalue weighted by atomic mass is 10.2. The zero-order chi connectivity index (χ0) is 28.0. The smallest absolute Gasteiger partial charge is 0.342 e. The van der Waals surface area contributed by atoms with Crippen LogP contribution < -0.4 is 16.0 Å². The molecule has 1 saturated heterocycles. The standard InChI is InChI=1S/C24H26ClF3N8O2S/c1-14(34-21(37)18-9-15(32-13-33-18)3-2-6-36-7-4-29-5-8-36)23-31-12-19(39-23)22(38)35-20-10-16(24(26,27)28)17(25)11-30-20/h9-14,29H,2-8H2,1H3,(H,34,37)(H,30,35,38). The Bertz CT molecular complexity index is 1320. The third kappa shape index (κ3) is 7.91. The van der Waals surface area contributed by atoms with Gasteiger partial charge in [-0.05, 0) is 38.4 Å². The van der Waals surface area contributed by atoms with Gasteiger partial charge in [0.2, 0.25) is 0 Å². The van der Waals surface area contributed by atoms with Crippen LogP contribution in [0.3, 0.4) is 0 Å². The van der Waals surface area contributed by atoms with Crippen molar-refractivity contribution in [2.75, 3.05) is 38.0 Å². The number of aromatic nitrogens is 4. The number of alkyl halides is 3. The van der Waals surface area contributed by atoms with Gasteiger partial charge < -0.3 is 20.9 Å². The first-order valence-electron chi connectivity index (χ1n) is 12.1. The van der Waals surface area contributed by atoms with Gasteiger partial charge in [0.05, 0.1) is 22.8 Å². The number of rotatable bonds is 9. The number of nitrogens with zero attached hydrogens (tertiary/aromatic N) is 5. The van der Waals surface area contributed by atoms with Crippen LogP contribution in [-0.2, 0) is 12.6 Å². The Morgan fingerprint density at radius 2 is 1.90 bits per heavy atom. The number of hydrogen-bond acceptors (Lipinski definition) is 9. The van der Waals surface area contributed by atoms with Crippen molar-refractivity contribution in [2.24, 2.45) is 0 Å². The Balaban J connectivity index is 1.32. The zero-order valence-electron chi connectivity index (χ0n) is 20.9. The van der Waals surface area contributed by atoms with Gasteiger partial charge in [-0.25, -0.2) is 19.9 Å². The minimum Gasteiger partial charge on any atom is -0.342 e. The first-order chi connectivity index (χ1) is 18.6. The highest BCUT2D eigenvalue weighted by molar-refractivity contribution is 7.13. The Kier molecular flexibility index (Phi) is 9.43. The van der Waals surface area contributed by atoms with Crippen molar-refractivity contribution < 1.29 is 22.8 Å². The summed E-state index contributed by atoms with van der Waals surface area (Å²) in [6.45, 7) is 6.68. The highest BCUT2D eigenvalue weighted by Crippen LogP contribution is 2.35. The van der Waals surface area contributed by atoms with Gasteiger partial charge in [0.15, 0.2) is 0 Å². The largest absolute Gasteiger partial charge is 0.418 e. The van der Waals surface area contributed by atoms with E-state index in [-0.39, 0.29) is 16.4 Å². The van der Waals surface area contributed by atoms with Crippen LogP contribution in [0.1, 0.15) is 55.8 Å². The number of hydrogen-bond donors (Lipinski definition) is 3. The van der Waals surface area contributed by atoms with Gasteiger partial charge in [-0.3, -0.25) is 9.59 Å². The van der Waals surface area contributed by atoms with Crippen LogP contribution in [0.5, 0.6) is 0 Å². The van der Waals surface area contributed by atoms with Crippen molar-refractivity contribution in [3.8, 4) is 0 Å². The topological polar surface area (TPSA) is 125 Å². The van der Waals surface area contributed by atoms with E-state index in [2.05, 4.69) is 40.8 Å². The van der Waals surface area contributed by atoms with Gasteiger partial charge in [0.25, 0.3) is 11.8 Å². The normalized spacial score (nSPS) is 15.1. The van der Waals surface area contributed by atoms with Crippen molar-refractivity contribution in [3.05, 3.63) is 62.7 Å². The van der Waals surface area contributed by atoms with E-state index in [1.54, 1.807) is 13.0 Å². The quantitative estimate of drug-likeness (QED) is 0.350. The van der Waals surface area contributed by atoms with Crippen molar-refractivity contribution in [1.29, 1.82) is 0 Å².